The monoisotopic (exact) mass is 239 g/mol. The van der Waals surface area contributed by atoms with Crippen LogP contribution >= 0.6 is 0 Å². The fourth-order valence-electron chi connectivity index (χ4n) is 2.15. The Hall–Kier alpha value is -0.630. The number of hydrogen-bond acceptors (Lipinski definition) is 4. The highest BCUT2D eigenvalue weighted by Crippen LogP contribution is 2.08. The molecule has 0 bridgehead atoms. The van der Waals surface area contributed by atoms with Gasteiger partial charge in [0, 0.05) is 32.7 Å². The maximum atomic E-state index is 9.02. The van der Waals surface area contributed by atoms with Crippen molar-refractivity contribution in [3.8, 4) is 6.07 Å². The summed E-state index contributed by atoms with van der Waals surface area (Å²) in [5, 5.41) is 9.02. The smallest absolute Gasteiger partial charge is 0.0976 e. The molecule has 0 spiro atoms. The molecule has 98 valence electrons. The second kappa shape index (κ2) is 7.65. The summed E-state index contributed by atoms with van der Waals surface area (Å²) in [6.07, 6.45) is 1.24. The van der Waals surface area contributed by atoms with Gasteiger partial charge in [-0.3, -0.25) is 9.80 Å². The van der Waals surface area contributed by atoms with E-state index in [0.29, 0.717) is 6.10 Å². The minimum atomic E-state index is 0.101. The molecule has 0 amide bonds. The third-order valence-electron chi connectivity index (χ3n) is 3.24. The minimum absolute atomic E-state index is 0.101. The van der Waals surface area contributed by atoms with Crippen molar-refractivity contribution in [2.24, 2.45) is 0 Å². The highest BCUT2D eigenvalue weighted by atomic mass is 16.5. The van der Waals surface area contributed by atoms with Gasteiger partial charge in [-0.25, -0.2) is 0 Å². The van der Waals surface area contributed by atoms with Crippen molar-refractivity contribution in [1.29, 1.82) is 5.26 Å². The van der Waals surface area contributed by atoms with E-state index in [4.69, 9.17) is 10.00 Å². The number of ether oxygens (including phenoxy) is 1. The Labute approximate surface area is 105 Å². The average Bonchev–Trinajstić information content (AvgIpc) is 2.32. The zero-order chi connectivity index (χ0) is 12.7. The molecule has 0 saturated carbocycles. The molecule has 0 N–H and O–H groups in total. The highest BCUT2D eigenvalue weighted by Gasteiger charge is 2.22. The van der Waals surface area contributed by atoms with Crippen molar-refractivity contribution in [2.75, 3.05) is 39.3 Å². The van der Waals surface area contributed by atoms with Crippen molar-refractivity contribution >= 4 is 0 Å². The van der Waals surface area contributed by atoms with Crippen LogP contribution in [0.15, 0.2) is 0 Å². The fourth-order valence-corrected chi connectivity index (χ4v) is 2.15. The number of piperazine rings is 1. The van der Waals surface area contributed by atoms with Crippen LogP contribution in [0.25, 0.3) is 0 Å². The van der Waals surface area contributed by atoms with Gasteiger partial charge in [0.1, 0.15) is 0 Å². The predicted molar refractivity (Wildman–Crippen MR) is 68.8 cm³/mol. The van der Waals surface area contributed by atoms with Gasteiger partial charge < -0.3 is 4.74 Å². The minimum Gasteiger partial charge on any atom is -0.377 e. The van der Waals surface area contributed by atoms with Crippen LogP contribution < -0.4 is 0 Å². The molecule has 0 aromatic rings. The maximum absolute atomic E-state index is 9.02. The van der Waals surface area contributed by atoms with E-state index in [1.54, 1.807) is 0 Å². The lowest BCUT2D eigenvalue weighted by molar-refractivity contribution is 0.0412. The number of hydrogen-bond donors (Lipinski definition) is 0. The third-order valence-corrected chi connectivity index (χ3v) is 3.24. The molecule has 0 aliphatic carbocycles. The normalized spacial score (nSPS) is 20.4. The molecule has 0 radical (unpaired) electrons. The Bertz CT molecular complexity index is 242. The molecule has 1 aliphatic heterocycles. The van der Waals surface area contributed by atoms with E-state index < -0.39 is 0 Å². The summed E-state index contributed by atoms with van der Waals surface area (Å²) in [6, 6.07) is 2.48. The molecule has 17 heavy (non-hydrogen) atoms. The lowest BCUT2D eigenvalue weighted by atomic mass is 10.2. The van der Waals surface area contributed by atoms with Gasteiger partial charge >= 0.3 is 0 Å². The third kappa shape index (κ3) is 5.03. The van der Waals surface area contributed by atoms with Crippen LogP contribution in [0.2, 0.25) is 0 Å². The van der Waals surface area contributed by atoms with Crippen LogP contribution in [0.1, 0.15) is 27.2 Å². The Morgan fingerprint density at radius 1 is 1.24 bits per heavy atom. The van der Waals surface area contributed by atoms with E-state index in [0.717, 1.165) is 45.8 Å². The molecule has 0 aromatic carbocycles. The summed E-state index contributed by atoms with van der Waals surface area (Å²) in [5.41, 5.74) is 0. The van der Waals surface area contributed by atoms with Gasteiger partial charge in [0.2, 0.25) is 0 Å². The van der Waals surface area contributed by atoms with Gasteiger partial charge in [0.15, 0.2) is 0 Å². The Kier molecular flexibility index (Phi) is 6.49. The van der Waals surface area contributed by atoms with Crippen LogP contribution in [0.5, 0.6) is 0 Å². The van der Waals surface area contributed by atoms with Gasteiger partial charge in [-0.2, -0.15) is 5.26 Å². The molecule has 0 aromatic heterocycles. The van der Waals surface area contributed by atoms with Gasteiger partial charge in [-0.15, -0.1) is 0 Å². The zero-order valence-electron chi connectivity index (χ0n) is 11.4. The lowest BCUT2D eigenvalue weighted by Crippen LogP contribution is -2.50. The second-order valence-electron chi connectivity index (χ2n) is 4.85. The van der Waals surface area contributed by atoms with Crippen LogP contribution in [0, 0.1) is 11.3 Å². The molecule has 1 rings (SSSR count). The first kappa shape index (κ1) is 14.4. The maximum Gasteiger partial charge on any atom is 0.0976 e. The quantitative estimate of drug-likeness (QED) is 0.701. The number of rotatable bonds is 6. The predicted octanol–water partition coefficient (Wildman–Crippen LogP) is 1.33. The second-order valence-corrected chi connectivity index (χ2v) is 4.85. The summed E-state index contributed by atoms with van der Waals surface area (Å²) >= 11 is 0. The van der Waals surface area contributed by atoms with Crippen LogP contribution in [-0.4, -0.2) is 61.3 Å². The van der Waals surface area contributed by atoms with E-state index in [1.807, 2.05) is 0 Å². The first-order valence-electron chi connectivity index (χ1n) is 6.65. The summed E-state index contributed by atoms with van der Waals surface area (Å²) in [5.74, 6) is 0. The van der Waals surface area contributed by atoms with E-state index in [-0.39, 0.29) is 6.04 Å². The fraction of sp³-hybridized carbons (Fsp3) is 0.923. The molecule has 1 heterocycles. The van der Waals surface area contributed by atoms with E-state index in [2.05, 4.69) is 36.6 Å². The standard InChI is InChI=1S/C13H25N3O/c1-4-13(11-14)16-7-5-15(6-8-16)9-10-17-12(2)3/h12-13H,4-10H2,1-3H3. The molecule has 1 saturated heterocycles. The van der Waals surface area contributed by atoms with Crippen molar-refractivity contribution in [3.63, 3.8) is 0 Å². The van der Waals surface area contributed by atoms with Gasteiger partial charge in [-0.1, -0.05) is 6.92 Å². The Balaban J connectivity index is 2.19. The lowest BCUT2D eigenvalue weighted by Gasteiger charge is -2.36. The zero-order valence-corrected chi connectivity index (χ0v) is 11.4. The Morgan fingerprint density at radius 3 is 2.35 bits per heavy atom. The number of nitriles is 1. The first-order valence-corrected chi connectivity index (χ1v) is 6.65. The van der Waals surface area contributed by atoms with Crippen molar-refractivity contribution in [2.45, 2.75) is 39.3 Å². The van der Waals surface area contributed by atoms with Gasteiger partial charge in [-0.05, 0) is 20.3 Å². The molecule has 1 unspecified atom stereocenters. The van der Waals surface area contributed by atoms with Gasteiger partial charge in [0.25, 0.3) is 0 Å². The van der Waals surface area contributed by atoms with E-state index >= 15 is 0 Å². The van der Waals surface area contributed by atoms with E-state index in [1.165, 1.54) is 0 Å². The van der Waals surface area contributed by atoms with Crippen LogP contribution in [0.4, 0.5) is 0 Å². The molecular weight excluding hydrogens is 214 g/mol. The number of nitrogens with zero attached hydrogens (tertiary/aromatic N) is 3. The molecule has 1 atom stereocenters. The summed E-state index contributed by atoms with van der Waals surface area (Å²) in [7, 11) is 0. The highest BCUT2D eigenvalue weighted by molar-refractivity contribution is 4.92. The average molecular weight is 239 g/mol. The van der Waals surface area contributed by atoms with Crippen LogP contribution in [-0.2, 0) is 4.74 Å². The van der Waals surface area contributed by atoms with Crippen molar-refractivity contribution < 1.29 is 4.74 Å². The molecular formula is C13H25N3O. The SMILES string of the molecule is CCC(C#N)N1CCN(CCOC(C)C)CC1. The molecule has 4 nitrogen and oxygen atoms in total. The van der Waals surface area contributed by atoms with Crippen LogP contribution in [0.3, 0.4) is 0 Å². The van der Waals surface area contributed by atoms with Gasteiger partial charge in [0.05, 0.1) is 24.8 Å². The molecule has 1 fully saturated rings. The topological polar surface area (TPSA) is 39.5 Å². The van der Waals surface area contributed by atoms with Crippen molar-refractivity contribution in [1.82, 2.24) is 9.80 Å². The summed E-state index contributed by atoms with van der Waals surface area (Å²) < 4.78 is 5.55. The molecule has 1 aliphatic rings. The molecule has 4 heteroatoms. The first-order chi connectivity index (χ1) is 8.17. The summed E-state index contributed by atoms with van der Waals surface area (Å²) in [4.78, 5) is 4.71. The van der Waals surface area contributed by atoms with E-state index in [9.17, 15) is 0 Å². The van der Waals surface area contributed by atoms with Crippen molar-refractivity contribution in [3.05, 3.63) is 0 Å². The summed E-state index contributed by atoms with van der Waals surface area (Å²) in [6.45, 7) is 12.2. The Morgan fingerprint density at radius 2 is 1.88 bits per heavy atom. The largest absolute Gasteiger partial charge is 0.377 e.